The molecule has 0 aliphatic rings. The lowest BCUT2D eigenvalue weighted by Gasteiger charge is -2.12. The maximum absolute atomic E-state index is 13.3. The molecule has 19 heavy (non-hydrogen) atoms. The molecule has 1 atom stereocenters. The average Bonchev–Trinajstić information content (AvgIpc) is 2.36. The van der Waals surface area contributed by atoms with E-state index in [0.29, 0.717) is 6.42 Å². The third-order valence-corrected chi connectivity index (χ3v) is 3.52. The number of rotatable bonds is 5. The molecule has 2 aromatic rings. The fraction of sp³-hybridized carbons (Fsp3) is 0.250. The highest BCUT2D eigenvalue weighted by Gasteiger charge is 2.06. The molecule has 0 aromatic heterocycles. The molecular weight excluding hydrogens is 305 g/mol. The number of hydrogen-bond acceptors (Lipinski definition) is 1. The van der Waals surface area contributed by atoms with Crippen molar-refractivity contribution in [3.8, 4) is 0 Å². The van der Waals surface area contributed by atoms with Gasteiger partial charge in [-0.1, -0.05) is 46.3 Å². The van der Waals surface area contributed by atoms with E-state index in [1.807, 2.05) is 24.3 Å². The largest absolute Gasteiger partial charge is 0.327 e. The highest BCUT2D eigenvalue weighted by Crippen LogP contribution is 2.17. The van der Waals surface area contributed by atoms with Crippen LogP contribution in [-0.4, -0.2) is 6.04 Å². The Balaban J connectivity index is 1.89. The zero-order valence-electron chi connectivity index (χ0n) is 10.7. The van der Waals surface area contributed by atoms with Gasteiger partial charge in [-0.2, -0.15) is 0 Å². The summed E-state index contributed by atoms with van der Waals surface area (Å²) in [4.78, 5) is 0. The highest BCUT2D eigenvalue weighted by atomic mass is 79.9. The Hall–Kier alpha value is -1.19. The third-order valence-electron chi connectivity index (χ3n) is 3.07. The Kier molecular flexibility index (Phi) is 5.11. The maximum atomic E-state index is 13.3. The summed E-state index contributed by atoms with van der Waals surface area (Å²) in [6.07, 6.45) is 2.56. The second-order valence-electron chi connectivity index (χ2n) is 4.77. The lowest BCUT2D eigenvalue weighted by molar-refractivity contribution is 0.598. The Bertz CT molecular complexity index is 507. The van der Waals surface area contributed by atoms with Crippen molar-refractivity contribution in [2.45, 2.75) is 25.3 Å². The monoisotopic (exact) mass is 321 g/mol. The minimum Gasteiger partial charge on any atom is -0.327 e. The Morgan fingerprint density at radius 2 is 1.79 bits per heavy atom. The van der Waals surface area contributed by atoms with E-state index in [1.54, 1.807) is 6.07 Å². The molecular formula is C16H17BrFN. The van der Waals surface area contributed by atoms with Crippen molar-refractivity contribution in [2.24, 2.45) is 5.73 Å². The van der Waals surface area contributed by atoms with Gasteiger partial charge in [0.15, 0.2) is 0 Å². The molecule has 2 N–H and O–H groups in total. The van der Waals surface area contributed by atoms with Gasteiger partial charge in [-0.3, -0.25) is 0 Å². The summed E-state index contributed by atoms with van der Waals surface area (Å²) >= 11 is 3.30. The molecule has 0 heterocycles. The van der Waals surface area contributed by atoms with Gasteiger partial charge in [0.1, 0.15) is 5.82 Å². The molecule has 2 aromatic carbocycles. The summed E-state index contributed by atoms with van der Waals surface area (Å²) in [6, 6.07) is 15.3. The summed E-state index contributed by atoms with van der Waals surface area (Å²) in [5.41, 5.74) is 8.34. The fourth-order valence-electron chi connectivity index (χ4n) is 2.13. The Labute approximate surface area is 121 Å². The third kappa shape index (κ3) is 4.77. The fourth-order valence-corrected chi connectivity index (χ4v) is 2.64. The topological polar surface area (TPSA) is 26.0 Å². The first-order valence-corrected chi connectivity index (χ1v) is 7.17. The highest BCUT2D eigenvalue weighted by molar-refractivity contribution is 9.10. The van der Waals surface area contributed by atoms with Crippen molar-refractivity contribution < 1.29 is 4.39 Å². The summed E-state index contributed by atoms with van der Waals surface area (Å²) in [6.45, 7) is 0. The minimum absolute atomic E-state index is 0.0499. The average molecular weight is 322 g/mol. The van der Waals surface area contributed by atoms with Gasteiger partial charge in [0.25, 0.3) is 0 Å². The standard InChI is InChI=1S/C16H17BrFN/c17-14-8-13(9-15(18)11-14)10-16(19)7-6-12-4-2-1-3-5-12/h1-5,8-9,11,16H,6-7,10,19H2. The molecule has 1 unspecified atom stereocenters. The van der Waals surface area contributed by atoms with Crippen LogP contribution in [-0.2, 0) is 12.8 Å². The van der Waals surface area contributed by atoms with Crippen LogP contribution in [0.5, 0.6) is 0 Å². The van der Waals surface area contributed by atoms with Crippen molar-refractivity contribution in [3.63, 3.8) is 0 Å². The SMILES string of the molecule is NC(CCc1ccccc1)Cc1cc(F)cc(Br)c1. The van der Waals surface area contributed by atoms with E-state index in [2.05, 4.69) is 28.1 Å². The molecule has 100 valence electrons. The molecule has 0 amide bonds. The first-order chi connectivity index (χ1) is 9.13. The van der Waals surface area contributed by atoms with Gasteiger partial charge in [-0.05, 0) is 48.6 Å². The van der Waals surface area contributed by atoms with Gasteiger partial charge in [0.05, 0.1) is 0 Å². The van der Waals surface area contributed by atoms with Gasteiger partial charge < -0.3 is 5.73 Å². The van der Waals surface area contributed by atoms with E-state index in [1.165, 1.54) is 11.6 Å². The molecule has 0 saturated heterocycles. The molecule has 0 saturated carbocycles. The second kappa shape index (κ2) is 6.83. The van der Waals surface area contributed by atoms with Crippen LogP contribution in [0.15, 0.2) is 53.0 Å². The molecule has 0 aliphatic carbocycles. The van der Waals surface area contributed by atoms with Crippen molar-refractivity contribution in [1.82, 2.24) is 0 Å². The van der Waals surface area contributed by atoms with Crippen LogP contribution < -0.4 is 5.73 Å². The summed E-state index contributed by atoms with van der Waals surface area (Å²) in [5.74, 6) is -0.223. The van der Waals surface area contributed by atoms with Crippen LogP contribution in [0.25, 0.3) is 0 Å². The number of nitrogens with two attached hydrogens (primary N) is 1. The van der Waals surface area contributed by atoms with E-state index >= 15 is 0 Å². The minimum atomic E-state index is -0.223. The summed E-state index contributed by atoms with van der Waals surface area (Å²) in [7, 11) is 0. The van der Waals surface area contributed by atoms with Crippen LogP contribution in [0.3, 0.4) is 0 Å². The quantitative estimate of drug-likeness (QED) is 0.881. The van der Waals surface area contributed by atoms with E-state index < -0.39 is 0 Å². The second-order valence-corrected chi connectivity index (χ2v) is 5.68. The molecule has 1 nitrogen and oxygen atoms in total. The van der Waals surface area contributed by atoms with Crippen molar-refractivity contribution in [2.75, 3.05) is 0 Å². The van der Waals surface area contributed by atoms with Crippen molar-refractivity contribution in [3.05, 3.63) is 69.9 Å². The predicted octanol–water partition coefficient (Wildman–Crippen LogP) is 4.09. The van der Waals surface area contributed by atoms with Crippen LogP contribution in [0.1, 0.15) is 17.5 Å². The van der Waals surface area contributed by atoms with Crippen molar-refractivity contribution >= 4 is 15.9 Å². The van der Waals surface area contributed by atoms with Crippen LogP contribution in [0, 0.1) is 5.82 Å². The number of halogens is 2. The van der Waals surface area contributed by atoms with Crippen molar-refractivity contribution in [1.29, 1.82) is 0 Å². The maximum Gasteiger partial charge on any atom is 0.124 e. The summed E-state index contributed by atoms with van der Waals surface area (Å²) in [5, 5.41) is 0. The van der Waals surface area contributed by atoms with Gasteiger partial charge in [0, 0.05) is 10.5 Å². The Morgan fingerprint density at radius 3 is 2.47 bits per heavy atom. The molecule has 0 radical (unpaired) electrons. The molecule has 0 spiro atoms. The molecule has 0 aliphatic heterocycles. The van der Waals surface area contributed by atoms with Crippen LogP contribution in [0.2, 0.25) is 0 Å². The molecule has 3 heteroatoms. The van der Waals surface area contributed by atoms with E-state index in [0.717, 1.165) is 22.9 Å². The first-order valence-electron chi connectivity index (χ1n) is 6.38. The molecule has 2 rings (SSSR count). The van der Waals surface area contributed by atoms with E-state index in [9.17, 15) is 4.39 Å². The normalized spacial score (nSPS) is 12.4. The van der Waals surface area contributed by atoms with Crippen LogP contribution >= 0.6 is 15.9 Å². The zero-order chi connectivity index (χ0) is 13.7. The van der Waals surface area contributed by atoms with Gasteiger partial charge in [-0.15, -0.1) is 0 Å². The number of benzene rings is 2. The van der Waals surface area contributed by atoms with Crippen LogP contribution in [0.4, 0.5) is 4.39 Å². The lowest BCUT2D eigenvalue weighted by Crippen LogP contribution is -2.23. The smallest absolute Gasteiger partial charge is 0.124 e. The summed E-state index contributed by atoms with van der Waals surface area (Å²) < 4.78 is 14.0. The number of aryl methyl sites for hydroxylation is 1. The molecule has 0 bridgehead atoms. The Morgan fingerprint density at radius 1 is 1.05 bits per heavy atom. The number of hydrogen-bond donors (Lipinski definition) is 1. The van der Waals surface area contributed by atoms with Gasteiger partial charge in [0.2, 0.25) is 0 Å². The van der Waals surface area contributed by atoms with Gasteiger partial charge in [-0.25, -0.2) is 4.39 Å². The first kappa shape index (κ1) is 14.2. The lowest BCUT2D eigenvalue weighted by atomic mass is 10.00. The van der Waals surface area contributed by atoms with E-state index in [4.69, 9.17) is 5.73 Å². The van der Waals surface area contributed by atoms with Gasteiger partial charge >= 0.3 is 0 Å². The van der Waals surface area contributed by atoms with E-state index in [-0.39, 0.29) is 11.9 Å². The zero-order valence-corrected chi connectivity index (χ0v) is 12.2. The molecule has 0 fully saturated rings. The predicted molar refractivity (Wildman–Crippen MR) is 80.5 cm³/mol.